The van der Waals surface area contributed by atoms with Gasteiger partial charge in [-0.2, -0.15) is 0 Å². The molecule has 1 aliphatic rings. The number of aryl methyl sites for hydroxylation is 1. The minimum Gasteiger partial charge on any atom is -0.339 e. The summed E-state index contributed by atoms with van der Waals surface area (Å²) in [6, 6.07) is 20.9. The molecule has 0 saturated carbocycles. The van der Waals surface area contributed by atoms with Gasteiger partial charge >= 0.3 is 0 Å². The second-order valence-corrected chi connectivity index (χ2v) is 11.0. The first-order valence-electron chi connectivity index (χ1n) is 11.6. The van der Waals surface area contributed by atoms with E-state index in [0.717, 1.165) is 49.9 Å². The van der Waals surface area contributed by atoms with Crippen LogP contribution < -0.4 is 4.31 Å². The molecule has 5 nitrogen and oxygen atoms in total. The van der Waals surface area contributed by atoms with Crippen molar-refractivity contribution in [2.24, 2.45) is 0 Å². The number of halogens is 1. The minimum atomic E-state index is -3.84. The number of amides is 1. The van der Waals surface area contributed by atoms with E-state index in [1.54, 1.807) is 54.6 Å². The topological polar surface area (TPSA) is 57.7 Å². The summed E-state index contributed by atoms with van der Waals surface area (Å²) in [5.74, 6) is 0.0351. The second-order valence-electron chi connectivity index (χ2n) is 8.66. The molecule has 4 rings (SSSR count). The van der Waals surface area contributed by atoms with Gasteiger partial charge in [0.15, 0.2) is 0 Å². The Balaban J connectivity index is 1.64. The van der Waals surface area contributed by atoms with Crippen LogP contribution in [0.1, 0.15) is 47.2 Å². The molecule has 34 heavy (non-hydrogen) atoms. The maximum Gasteiger partial charge on any atom is 0.264 e. The first-order valence-corrected chi connectivity index (χ1v) is 13.4. The second kappa shape index (κ2) is 10.6. The molecule has 1 amide bonds. The van der Waals surface area contributed by atoms with Crippen molar-refractivity contribution in [3.63, 3.8) is 0 Å². The number of rotatable bonds is 6. The van der Waals surface area contributed by atoms with E-state index in [1.165, 1.54) is 4.31 Å². The summed E-state index contributed by atoms with van der Waals surface area (Å²) >= 11 is 6.24. The lowest BCUT2D eigenvalue weighted by atomic mass is 10.1. The molecule has 3 aromatic rings. The van der Waals surface area contributed by atoms with Crippen LogP contribution in [0.15, 0.2) is 77.7 Å². The number of anilines is 1. The molecule has 0 spiro atoms. The predicted octanol–water partition coefficient (Wildman–Crippen LogP) is 6.06. The summed E-state index contributed by atoms with van der Waals surface area (Å²) in [5.41, 5.74) is 2.74. The quantitative estimate of drug-likeness (QED) is 0.416. The van der Waals surface area contributed by atoms with E-state index >= 15 is 0 Å². The van der Waals surface area contributed by atoms with Crippen LogP contribution in [0, 0.1) is 6.92 Å². The predicted molar refractivity (Wildman–Crippen MR) is 137 cm³/mol. The van der Waals surface area contributed by atoms with E-state index in [2.05, 4.69) is 0 Å². The number of carbonyl (C=O) groups is 1. The van der Waals surface area contributed by atoms with E-state index in [0.29, 0.717) is 16.3 Å². The Morgan fingerprint density at radius 3 is 2.21 bits per heavy atom. The van der Waals surface area contributed by atoms with Crippen molar-refractivity contribution in [3.05, 3.63) is 94.5 Å². The lowest BCUT2D eigenvalue weighted by Crippen LogP contribution is -2.32. The average molecular weight is 497 g/mol. The third-order valence-corrected chi connectivity index (χ3v) is 8.20. The van der Waals surface area contributed by atoms with Gasteiger partial charge in [0.25, 0.3) is 15.9 Å². The summed E-state index contributed by atoms with van der Waals surface area (Å²) in [5, 5.41) is 0.465. The number of benzene rings is 3. The molecule has 178 valence electrons. The van der Waals surface area contributed by atoms with Gasteiger partial charge in [0, 0.05) is 23.7 Å². The zero-order chi connectivity index (χ0) is 24.1. The summed E-state index contributed by atoms with van der Waals surface area (Å²) in [6.07, 6.45) is 4.40. The van der Waals surface area contributed by atoms with Gasteiger partial charge in [-0.3, -0.25) is 9.10 Å². The largest absolute Gasteiger partial charge is 0.339 e. The van der Waals surface area contributed by atoms with Crippen LogP contribution in [-0.4, -0.2) is 32.3 Å². The van der Waals surface area contributed by atoms with Crippen molar-refractivity contribution in [3.8, 4) is 0 Å². The molecule has 0 N–H and O–H groups in total. The van der Waals surface area contributed by atoms with Gasteiger partial charge in [-0.25, -0.2) is 8.42 Å². The van der Waals surface area contributed by atoms with Crippen molar-refractivity contribution >= 4 is 33.2 Å². The SMILES string of the molecule is Cc1ccc(Cl)cc1N(Cc1ccc(C(=O)N2CCCCCC2)cc1)S(=O)(=O)c1ccccc1. The first-order chi connectivity index (χ1) is 16.4. The minimum absolute atomic E-state index is 0.0351. The Bertz CT molecular complexity index is 1240. The Morgan fingerprint density at radius 1 is 0.912 bits per heavy atom. The highest BCUT2D eigenvalue weighted by molar-refractivity contribution is 7.92. The van der Waals surface area contributed by atoms with E-state index in [4.69, 9.17) is 11.6 Å². The fourth-order valence-corrected chi connectivity index (χ4v) is 5.94. The Kier molecular flexibility index (Phi) is 7.59. The van der Waals surface area contributed by atoms with Gasteiger partial charge in [-0.15, -0.1) is 0 Å². The number of likely N-dealkylation sites (tertiary alicyclic amines) is 1. The monoisotopic (exact) mass is 496 g/mol. The molecule has 0 bridgehead atoms. The number of hydrogen-bond donors (Lipinski definition) is 0. The third kappa shape index (κ3) is 5.45. The van der Waals surface area contributed by atoms with Crippen molar-refractivity contribution in [2.45, 2.75) is 44.0 Å². The molecule has 1 aliphatic heterocycles. The molecule has 1 saturated heterocycles. The van der Waals surface area contributed by atoms with Crippen molar-refractivity contribution in [1.82, 2.24) is 4.90 Å². The molecule has 0 radical (unpaired) electrons. The molecule has 1 heterocycles. The van der Waals surface area contributed by atoms with Crippen LogP contribution in [0.25, 0.3) is 0 Å². The summed E-state index contributed by atoms with van der Waals surface area (Å²) < 4.78 is 28.7. The highest BCUT2D eigenvalue weighted by atomic mass is 35.5. The van der Waals surface area contributed by atoms with E-state index in [-0.39, 0.29) is 17.3 Å². The molecule has 0 atom stereocenters. The van der Waals surface area contributed by atoms with Gasteiger partial charge in [0.1, 0.15) is 0 Å². The number of hydrogen-bond acceptors (Lipinski definition) is 3. The highest BCUT2D eigenvalue weighted by Crippen LogP contribution is 2.31. The van der Waals surface area contributed by atoms with Crippen LogP contribution in [0.4, 0.5) is 5.69 Å². The van der Waals surface area contributed by atoms with Crippen LogP contribution in [0.5, 0.6) is 0 Å². The van der Waals surface area contributed by atoms with Crippen LogP contribution in [0.2, 0.25) is 5.02 Å². The third-order valence-electron chi connectivity index (χ3n) is 6.19. The standard InChI is InChI=1S/C27H29ClN2O3S/c1-21-11-16-24(28)19-26(21)30(34(32,33)25-9-5-4-6-10-25)20-22-12-14-23(15-13-22)27(31)29-17-7-2-3-8-18-29/h4-6,9-16,19H,2-3,7-8,17-18,20H2,1H3. The number of nitrogens with zero attached hydrogens (tertiary/aromatic N) is 2. The molecular weight excluding hydrogens is 468 g/mol. The summed E-state index contributed by atoms with van der Waals surface area (Å²) in [6.45, 7) is 3.56. The lowest BCUT2D eigenvalue weighted by Gasteiger charge is -2.26. The fourth-order valence-electron chi connectivity index (χ4n) is 4.25. The van der Waals surface area contributed by atoms with Crippen LogP contribution in [0.3, 0.4) is 0 Å². The maximum atomic E-state index is 13.6. The molecule has 0 unspecified atom stereocenters. The van der Waals surface area contributed by atoms with E-state index in [9.17, 15) is 13.2 Å². The molecule has 0 aliphatic carbocycles. The van der Waals surface area contributed by atoms with Crippen LogP contribution in [-0.2, 0) is 16.6 Å². The summed E-state index contributed by atoms with van der Waals surface area (Å²) in [7, 11) is -3.84. The smallest absolute Gasteiger partial charge is 0.264 e. The fraction of sp³-hybridized carbons (Fsp3) is 0.296. The van der Waals surface area contributed by atoms with Crippen molar-refractivity contribution in [1.29, 1.82) is 0 Å². The average Bonchev–Trinajstić information content (AvgIpc) is 3.14. The zero-order valence-corrected chi connectivity index (χ0v) is 20.9. The maximum absolute atomic E-state index is 13.6. The van der Waals surface area contributed by atoms with Gasteiger partial charge in [-0.1, -0.05) is 60.8 Å². The molecule has 0 aromatic heterocycles. The Morgan fingerprint density at radius 2 is 1.56 bits per heavy atom. The zero-order valence-electron chi connectivity index (χ0n) is 19.3. The number of sulfonamides is 1. The Labute approximate surface area is 207 Å². The van der Waals surface area contributed by atoms with E-state index in [1.807, 2.05) is 30.0 Å². The van der Waals surface area contributed by atoms with Gasteiger partial charge in [0.2, 0.25) is 0 Å². The highest BCUT2D eigenvalue weighted by Gasteiger charge is 2.27. The van der Waals surface area contributed by atoms with Crippen LogP contribution >= 0.6 is 11.6 Å². The number of carbonyl (C=O) groups excluding carboxylic acids is 1. The normalized spacial score (nSPS) is 14.5. The van der Waals surface area contributed by atoms with Gasteiger partial charge in [0.05, 0.1) is 17.1 Å². The summed E-state index contributed by atoms with van der Waals surface area (Å²) in [4.78, 5) is 15.1. The molecular formula is C27H29ClN2O3S. The molecule has 3 aromatic carbocycles. The van der Waals surface area contributed by atoms with Crippen molar-refractivity contribution < 1.29 is 13.2 Å². The Hall–Kier alpha value is -2.83. The first kappa shape index (κ1) is 24.3. The van der Waals surface area contributed by atoms with Crippen molar-refractivity contribution in [2.75, 3.05) is 17.4 Å². The van der Waals surface area contributed by atoms with Gasteiger partial charge in [-0.05, 0) is 67.3 Å². The molecule has 7 heteroatoms. The van der Waals surface area contributed by atoms with E-state index < -0.39 is 10.0 Å². The van der Waals surface area contributed by atoms with Gasteiger partial charge < -0.3 is 4.90 Å². The molecule has 1 fully saturated rings. The lowest BCUT2D eigenvalue weighted by molar-refractivity contribution is 0.0761.